The minimum Gasteiger partial charge on any atom is -0.449 e. The number of halogens is 1. The number of nitrogens with two attached hydrogens (primary N) is 1. The van der Waals surface area contributed by atoms with Gasteiger partial charge in [-0.2, -0.15) is 0 Å². The highest BCUT2D eigenvalue weighted by Crippen LogP contribution is 2.41. The lowest BCUT2D eigenvalue weighted by molar-refractivity contribution is -0.148. The number of nitrogen functional groups attached to an aromatic ring is 1. The number of carbonyl (C=O) groups is 3. The normalized spacial score (nSPS) is 19.9. The molecule has 1 aromatic heterocycles. The summed E-state index contributed by atoms with van der Waals surface area (Å²) in [4.78, 5) is 46.9. The van der Waals surface area contributed by atoms with Gasteiger partial charge in [-0.3, -0.25) is 14.5 Å². The fourth-order valence-corrected chi connectivity index (χ4v) is 5.24. The molecule has 3 heterocycles. The van der Waals surface area contributed by atoms with E-state index in [9.17, 15) is 23.9 Å². The van der Waals surface area contributed by atoms with Crippen molar-refractivity contribution in [2.45, 2.75) is 11.4 Å². The summed E-state index contributed by atoms with van der Waals surface area (Å²) in [7, 11) is 1.26. The van der Waals surface area contributed by atoms with Gasteiger partial charge in [0.15, 0.2) is 10.8 Å². The van der Waals surface area contributed by atoms with Gasteiger partial charge in [-0.15, -0.1) is 23.1 Å². The summed E-state index contributed by atoms with van der Waals surface area (Å²) >= 11 is 2.39. The molecule has 2 amide bonds. The van der Waals surface area contributed by atoms with E-state index in [1.807, 2.05) is 0 Å². The first-order valence-electron chi connectivity index (χ1n) is 9.94. The van der Waals surface area contributed by atoms with Gasteiger partial charge in [0.1, 0.15) is 30.0 Å². The Bertz CT molecular complexity index is 1280. The van der Waals surface area contributed by atoms with E-state index in [1.165, 1.54) is 42.5 Å². The summed E-state index contributed by atoms with van der Waals surface area (Å²) in [5, 5.41) is 16.6. The van der Waals surface area contributed by atoms with Gasteiger partial charge >= 0.3 is 6.16 Å². The number of ether oxygens (including phenoxy) is 1. The van der Waals surface area contributed by atoms with Crippen LogP contribution in [0.4, 0.5) is 14.3 Å². The zero-order valence-corrected chi connectivity index (χ0v) is 19.6. The number of amides is 2. The van der Waals surface area contributed by atoms with Crippen LogP contribution in [-0.2, 0) is 19.2 Å². The van der Waals surface area contributed by atoms with E-state index in [2.05, 4.69) is 15.5 Å². The number of hydrogen-bond acceptors (Lipinski definition) is 10. The number of carboxylic acid groups (broad SMARTS) is 1. The summed E-state index contributed by atoms with van der Waals surface area (Å²) in [6.45, 7) is 0. The lowest BCUT2D eigenvalue weighted by Crippen LogP contribution is -2.70. The second-order valence-electron chi connectivity index (χ2n) is 7.11. The van der Waals surface area contributed by atoms with Crippen molar-refractivity contribution in [2.75, 3.05) is 18.6 Å². The van der Waals surface area contributed by atoms with Crippen LogP contribution in [0.2, 0.25) is 0 Å². The molecule has 0 bridgehead atoms. The van der Waals surface area contributed by atoms with Crippen LogP contribution in [0.5, 0.6) is 0 Å². The molecule has 1 fully saturated rings. The van der Waals surface area contributed by atoms with Crippen LogP contribution in [0.25, 0.3) is 6.08 Å². The number of benzene rings is 1. The number of fused-ring (bicyclic) bond motifs is 1. The number of nitrogens with zero attached hydrogens (tertiary/aromatic N) is 3. The molecule has 0 spiro atoms. The molecular weight excluding hydrogens is 501 g/mol. The number of anilines is 1. The number of aromatic nitrogens is 1. The highest BCUT2D eigenvalue weighted by Gasteiger charge is 2.54. The molecule has 1 unspecified atom stereocenters. The van der Waals surface area contributed by atoms with Crippen molar-refractivity contribution >= 4 is 58.0 Å². The molecule has 182 valence electrons. The Balaban J connectivity index is 1.55. The summed E-state index contributed by atoms with van der Waals surface area (Å²) in [5.41, 5.74) is 6.29. The van der Waals surface area contributed by atoms with Gasteiger partial charge in [0.05, 0.1) is 0 Å². The lowest BCUT2D eigenvalue weighted by Gasteiger charge is -2.48. The van der Waals surface area contributed by atoms with E-state index in [1.54, 1.807) is 18.2 Å². The first kappa shape index (κ1) is 24.2. The number of carbonyl (C=O) groups excluding carboxylic acids is 2. The molecule has 11 nitrogen and oxygen atoms in total. The van der Waals surface area contributed by atoms with Crippen LogP contribution < -0.4 is 11.1 Å². The van der Waals surface area contributed by atoms with Gasteiger partial charge in [0, 0.05) is 22.3 Å². The predicted molar refractivity (Wildman–Crippen MR) is 127 cm³/mol. The smallest absolute Gasteiger partial charge is 0.449 e. The molecule has 35 heavy (non-hydrogen) atoms. The van der Waals surface area contributed by atoms with Gasteiger partial charge in [-0.1, -0.05) is 35.5 Å². The van der Waals surface area contributed by atoms with Crippen molar-refractivity contribution in [3.8, 4) is 0 Å². The fraction of sp³-hybridized carbons (Fsp3) is 0.190. The maximum absolute atomic E-state index is 13.9. The van der Waals surface area contributed by atoms with E-state index in [0.717, 1.165) is 16.2 Å². The molecule has 14 heteroatoms. The van der Waals surface area contributed by atoms with E-state index >= 15 is 0 Å². The van der Waals surface area contributed by atoms with Crippen molar-refractivity contribution in [1.82, 2.24) is 15.2 Å². The Kier molecular flexibility index (Phi) is 7.02. The second-order valence-corrected chi connectivity index (χ2v) is 9.10. The third kappa shape index (κ3) is 4.97. The van der Waals surface area contributed by atoms with Gasteiger partial charge in [-0.05, 0) is 6.07 Å². The van der Waals surface area contributed by atoms with Gasteiger partial charge in [0.25, 0.3) is 11.8 Å². The predicted octanol–water partition coefficient (Wildman–Crippen LogP) is 2.23. The number of thiazole rings is 1. The van der Waals surface area contributed by atoms with Gasteiger partial charge < -0.3 is 25.7 Å². The molecule has 4 N–H and O–H groups in total. The summed E-state index contributed by atoms with van der Waals surface area (Å²) in [6.07, 6.45) is 1.35. The molecule has 4 rings (SSSR count). The third-order valence-electron chi connectivity index (χ3n) is 4.95. The molecule has 2 aliphatic heterocycles. The Morgan fingerprint density at radius 2 is 2.14 bits per heavy atom. The van der Waals surface area contributed by atoms with Crippen molar-refractivity contribution in [2.24, 2.45) is 5.16 Å². The molecule has 0 saturated carbocycles. The Labute approximate surface area is 206 Å². The molecule has 0 aliphatic carbocycles. The van der Waals surface area contributed by atoms with Crippen LogP contribution in [0.1, 0.15) is 11.3 Å². The summed E-state index contributed by atoms with van der Waals surface area (Å²) in [5.74, 6) is -1.70. The van der Waals surface area contributed by atoms with Crippen LogP contribution in [0.3, 0.4) is 0 Å². The summed E-state index contributed by atoms with van der Waals surface area (Å²) < 4.78 is 18.9. The molecule has 1 saturated heterocycles. The highest BCUT2D eigenvalue weighted by atomic mass is 32.2. The van der Waals surface area contributed by atoms with E-state index in [-0.39, 0.29) is 33.7 Å². The number of nitrogens with one attached hydrogen (secondary N) is 1. The first-order valence-corrected chi connectivity index (χ1v) is 11.9. The monoisotopic (exact) mass is 519 g/mol. The average Bonchev–Trinajstić information content (AvgIpc) is 3.25. The van der Waals surface area contributed by atoms with Crippen molar-refractivity contribution in [1.29, 1.82) is 0 Å². The standard InChI is InChI=1S/C21H18FN5O6S2/c1-32-26-14(13-9-35-20(23)24-13)16(28)25-15-17(29)27-18(33-21(30)31)11(8-34-19(15)27)7-6-10-4-2-3-5-12(10)22/h2-7,9,15,19H,8H2,1H3,(H2,23,24)(H,25,28)(H,30,31)/t15?,19-/m0/s1. The average molecular weight is 520 g/mol. The number of allylic oxidation sites excluding steroid dienone is 1. The third-order valence-corrected chi connectivity index (χ3v) is 6.92. The molecule has 1 aromatic carbocycles. The Morgan fingerprint density at radius 3 is 2.80 bits per heavy atom. The minimum absolute atomic E-state index is 0.168. The molecule has 2 aliphatic rings. The lowest BCUT2D eigenvalue weighted by atomic mass is 10.0. The van der Waals surface area contributed by atoms with Gasteiger partial charge in [-0.25, -0.2) is 14.2 Å². The van der Waals surface area contributed by atoms with E-state index < -0.39 is 35.2 Å². The maximum atomic E-state index is 13.9. The van der Waals surface area contributed by atoms with Crippen molar-refractivity contribution < 1.29 is 33.5 Å². The van der Waals surface area contributed by atoms with Crippen LogP contribution >= 0.6 is 23.1 Å². The summed E-state index contributed by atoms with van der Waals surface area (Å²) in [6, 6.07) is 5.07. The second kappa shape index (κ2) is 10.1. The zero-order chi connectivity index (χ0) is 25.1. The number of β-lactam (4-membered cyclic amide) rings is 1. The SMILES string of the molecule is CON=C(C(=O)NC1C(=O)N2C(OC(=O)O)=C(C=Cc3ccccc3F)CS[C@@H]12)c1csc(N)n1. The fourth-order valence-electron chi connectivity index (χ4n) is 3.39. The quantitative estimate of drug-likeness (QED) is 0.216. The van der Waals surface area contributed by atoms with Crippen LogP contribution in [0, 0.1) is 5.82 Å². The zero-order valence-electron chi connectivity index (χ0n) is 18.0. The molecule has 0 radical (unpaired) electrons. The van der Waals surface area contributed by atoms with Crippen molar-refractivity contribution in [3.05, 3.63) is 64.3 Å². The topological polar surface area (TPSA) is 156 Å². The number of thioether (sulfide) groups is 1. The Hall–Kier alpha value is -3.91. The Morgan fingerprint density at radius 1 is 1.37 bits per heavy atom. The molecule has 2 aromatic rings. The largest absolute Gasteiger partial charge is 0.512 e. The minimum atomic E-state index is -1.61. The number of hydrogen-bond donors (Lipinski definition) is 3. The molecule has 2 atom stereocenters. The molecular formula is C21H18FN5O6S2. The van der Waals surface area contributed by atoms with E-state index in [4.69, 9.17) is 15.3 Å². The van der Waals surface area contributed by atoms with E-state index in [0.29, 0.717) is 5.57 Å². The number of oxime groups is 1. The maximum Gasteiger partial charge on any atom is 0.512 e. The van der Waals surface area contributed by atoms with Crippen LogP contribution in [-0.4, -0.2) is 63.0 Å². The highest BCUT2D eigenvalue weighted by molar-refractivity contribution is 8.00. The first-order chi connectivity index (χ1) is 16.8. The van der Waals surface area contributed by atoms with Gasteiger partial charge in [0.2, 0.25) is 5.88 Å². The van der Waals surface area contributed by atoms with Crippen molar-refractivity contribution in [3.63, 3.8) is 0 Å². The number of rotatable bonds is 7. The van der Waals surface area contributed by atoms with Crippen LogP contribution in [0.15, 0.2) is 52.3 Å².